The average Bonchev–Trinajstić information content (AvgIpc) is 3.13. The number of aromatic nitrogens is 2. The van der Waals surface area contributed by atoms with E-state index in [1.54, 1.807) is 0 Å². The van der Waals surface area contributed by atoms with Gasteiger partial charge in [-0.2, -0.15) is 0 Å². The van der Waals surface area contributed by atoms with Gasteiger partial charge in [0.25, 0.3) is 0 Å². The molecule has 0 unspecified atom stereocenters. The Morgan fingerprint density at radius 3 is 1.67 bits per heavy atom. The minimum Gasteiger partial charge on any atom is -0.396 e. The van der Waals surface area contributed by atoms with Crippen molar-refractivity contribution in [1.82, 2.24) is 9.55 Å². The molecule has 33 heavy (non-hydrogen) atoms. The van der Waals surface area contributed by atoms with Crippen molar-refractivity contribution >= 4 is 11.0 Å². The predicted octanol–water partition coefficient (Wildman–Crippen LogP) is 8.84. The number of hydrogen-bond donors (Lipinski definition) is 1. The fraction of sp³-hybridized carbons (Fsp3) is 0.767. The highest BCUT2D eigenvalue weighted by Gasteiger charge is 2.11. The van der Waals surface area contributed by atoms with E-state index >= 15 is 0 Å². The Kier molecular flexibility index (Phi) is 14.5. The molecule has 0 saturated carbocycles. The van der Waals surface area contributed by atoms with Gasteiger partial charge < -0.3 is 9.67 Å². The third-order valence-corrected chi connectivity index (χ3v) is 7.24. The number of unbranched alkanes of at least 4 members (excludes halogenated alkanes) is 15. The van der Waals surface area contributed by atoms with Crippen molar-refractivity contribution in [3.05, 3.63) is 29.1 Å². The van der Waals surface area contributed by atoms with Crippen LogP contribution in [0.2, 0.25) is 0 Å². The molecule has 0 spiro atoms. The molecular formula is C30H52N2O. The second-order valence-electron chi connectivity index (χ2n) is 10.2. The summed E-state index contributed by atoms with van der Waals surface area (Å²) in [6, 6.07) is 4.52. The van der Waals surface area contributed by atoms with Gasteiger partial charge in [0.15, 0.2) is 0 Å². The number of aryl methyl sites for hydroxylation is 4. The van der Waals surface area contributed by atoms with Crippen LogP contribution in [0.25, 0.3) is 11.0 Å². The van der Waals surface area contributed by atoms with Gasteiger partial charge in [0.2, 0.25) is 0 Å². The Bertz CT molecular complexity index is 764. The lowest BCUT2D eigenvalue weighted by molar-refractivity contribution is 0.287. The summed E-state index contributed by atoms with van der Waals surface area (Å²) in [6.07, 6.45) is 24.1. The van der Waals surface area contributed by atoms with Crippen molar-refractivity contribution in [3.63, 3.8) is 0 Å². The summed E-state index contributed by atoms with van der Waals surface area (Å²) in [5, 5.41) is 9.27. The highest BCUT2D eigenvalue weighted by atomic mass is 16.2. The second-order valence-corrected chi connectivity index (χ2v) is 10.2. The van der Waals surface area contributed by atoms with E-state index in [-0.39, 0.29) is 6.61 Å². The summed E-state index contributed by atoms with van der Waals surface area (Å²) >= 11 is 0. The lowest BCUT2D eigenvalue weighted by Gasteiger charge is -2.10. The van der Waals surface area contributed by atoms with Gasteiger partial charge in [-0.25, -0.2) is 4.98 Å². The van der Waals surface area contributed by atoms with Crippen LogP contribution in [0.4, 0.5) is 0 Å². The van der Waals surface area contributed by atoms with Crippen LogP contribution in [0.1, 0.15) is 133 Å². The molecule has 0 aliphatic carbocycles. The van der Waals surface area contributed by atoms with Crippen LogP contribution in [-0.2, 0) is 13.0 Å². The van der Waals surface area contributed by atoms with E-state index in [1.165, 1.54) is 119 Å². The summed E-state index contributed by atoms with van der Waals surface area (Å²) in [5.41, 5.74) is 5.03. The van der Waals surface area contributed by atoms with Crippen LogP contribution in [0, 0.1) is 13.8 Å². The summed E-state index contributed by atoms with van der Waals surface area (Å²) in [6.45, 7) is 7.94. The minimum absolute atomic E-state index is 0.236. The molecule has 3 nitrogen and oxygen atoms in total. The first-order chi connectivity index (χ1) is 16.2. The Labute approximate surface area is 204 Å². The van der Waals surface area contributed by atoms with Crippen LogP contribution < -0.4 is 0 Å². The van der Waals surface area contributed by atoms with E-state index in [2.05, 4.69) is 37.5 Å². The molecule has 1 aromatic heterocycles. The number of hydrogen-bond acceptors (Lipinski definition) is 2. The van der Waals surface area contributed by atoms with E-state index < -0.39 is 0 Å². The van der Waals surface area contributed by atoms with Crippen LogP contribution in [-0.4, -0.2) is 21.3 Å². The number of imidazole rings is 1. The molecule has 2 rings (SSSR count). The van der Waals surface area contributed by atoms with Crippen LogP contribution >= 0.6 is 0 Å². The third kappa shape index (κ3) is 10.6. The van der Waals surface area contributed by atoms with E-state index in [4.69, 9.17) is 4.98 Å². The highest BCUT2D eigenvalue weighted by Crippen LogP contribution is 2.23. The molecule has 188 valence electrons. The maximum absolute atomic E-state index is 9.27. The van der Waals surface area contributed by atoms with Crippen LogP contribution in [0.15, 0.2) is 12.1 Å². The van der Waals surface area contributed by atoms with E-state index in [0.717, 1.165) is 30.7 Å². The first-order valence-corrected chi connectivity index (χ1v) is 14.2. The SMILES string of the molecule is CCCCCCCCCCCCCCCCCCn1c(CCCO)nc2cc(C)c(C)cc21. The molecule has 0 aliphatic heterocycles. The zero-order chi connectivity index (χ0) is 23.7. The van der Waals surface area contributed by atoms with Gasteiger partial charge in [0, 0.05) is 19.6 Å². The third-order valence-electron chi connectivity index (χ3n) is 7.24. The normalized spacial score (nSPS) is 11.6. The van der Waals surface area contributed by atoms with Crippen molar-refractivity contribution in [2.75, 3.05) is 6.61 Å². The minimum atomic E-state index is 0.236. The number of rotatable bonds is 20. The molecule has 0 amide bonds. The molecule has 1 N–H and O–H groups in total. The molecule has 0 radical (unpaired) electrons. The smallest absolute Gasteiger partial charge is 0.109 e. The summed E-state index contributed by atoms with van der Waals surface area (Å²) in [5.74, 6) is 1.14. The molecule has 1 aromatic carbocycles. The molecule has 0 atom stereocenters. The van der Waals surface area contributed by atoms with Crippen molar-refractivity contribution in [2.45, 2.75) is 143 Å². The molecule has 0 fully saturated rings. The van der Waals surface area contributed by atoms with E-state index in [9.17, 15) is 5.11 Å². The molecular weight excluding hydrogens is 404 g/mol. The highest BCUT2D eigenvalue weighted by molar-refractivity contribution is 5.78. The molecule has 3 heteroatoms. The number of aliphatic hydroxyl groups excluding tert-OH is 1. The summed E-state index contributed by atoms with van der Waals surface area (Å²) in [4.78, 5) is 4.90. The Morgan fingerprint density at radius 1 is 0.667 bits per heavy atom. The summed E-state index contributed by atoms with van der Waals surface area (Å²) in [7, 11) is 0. The zero-order valence-corrected chi connectivity index (χ0v) is 22.1. The van der Waals surface area contributed by atoms with Gasteiger partial charge in [-0.05, 0) is 49.9 Å². The van der Waals surface area contributed by atoms with Gasteiger partial charge in [-0.3, -0.25) is 0 Å². The Balaban J connectivity index is 1.56. The number of aliphatic hydroxyl groups is 1. The van der Waals surface area contributed by atoms with Gasteiger partial charge in [0.1, 0.15) is 5.82 Å². The fourth-order valence-electron chi connectivity index (χ4n) is 4.93. The number of benzene rings is 1. The monoisotopic (exact) mass is 456 g/mol. The lowest BCUT2D eigenvalue weighted by atomic mass is 10.0. The molecule has 0 saturated heterocycles. The van der Waals surface area contributed by atoms with Crippen LogP contribution in [0.3, 0.4) is 0 Å². The average molecular weight is 457 g/mol. The maximum atomic E-state index is 9.27. The fourth-order valence-corrected chi connectivity index (χ4v) is 4.93. The Morgan fingerprint density at radius 2 is 1.15 bits per heavy atom. The van der Waals surface area contributed by atoms with Crippen molar-refractivity contribution in [3.8, 4) is 0 Å². The van der Waals surface area contributed by atoms with Crippen molar-refractivity contribution < 1.29 is 5.11 Å². The Hall–Kier alpha value is -1.35. The molecule has 1 heterocycles. The number of fused-ring (bicyclic) bond motifs is 1. The van der Waals surface area contributed by atoms with Crippen molar-refractivity contribution in [1.29, 1.82) is 0 Å². The van der Waals surface area contributed by atoms with E-state index in [1.807, 2.05) is 0 Å². The molecule has 2 aromatic rings. The van der Waals surface area contributed by atoms with Gasteiger partial charge in [-0.1, -0.05) is 103 Å². The quantitative estimate of drug-likeness (QED) is 0.202. The molecule has 0 bridgehead atoms. The second kappa shape index (κ2) is 17.1. The van der Waals surface area contributed by atoms with Gasteiger partial charge in [0.05, 0.1) is 11.0 Å². The summed E-state index contributed by atoms with van der Waals surface area (Å²) < 4.78 is 2.42. The van der Waals surface area contributed by atoms with Crippen molar-refractivity contribution in [2.24, 2.45) is 0 Å². The zero-order valence-electron chi connectivity index (χ0n) is 22.1. The van der Waals surface area contributed by atoms with Gasteiger partial charge >= 0.3 is 0 Å². The standard InChI is InChI=1S/C30H52N2O/c1-4-5-6-7-8-9-10-11-12-13-14-15-16-17-18-19-22-32-29-25-27(3)26(2)24-28(29)31-30(32)21-20-23-33/h24-25,33H,4-23H2,1-3H3. The van der Waals surface area contributed by atoms with Gasteiger partial charge in [-0.15, -0.1) is 0 Å². The molecule has 0 aliphatic rings. The largest absolute Gasteiger partial charge is 0.396 e. The number of nitrogens with zero attached hydrogens (tertiary/aromatic N) is 2. The predicted molar refractivity (Wildman–Crippen MR) is 144 cm³/mol. The topological polar surface area (TPSA) is 38.0 Å². The lowest BCUT2D eigenvalue weighted by Crippen LogP contribution is -2.05. The first kappa shape index (κ1) is 27.9. The van der Waals surface area contributed by atoms with Crippen LogP contribution in [0.5, 0.6) is 0 Å². The maximum Gasteiger partial charge on any atom is 0.109 e. The van der Waals surface area contributed by atoms with E-state index in [0.29, 0.717) is 0 Å². The first-order valence-electron chi connectivity index (χ1n) is 14.2.